The number of esters is 1. The predicted molar refractivity (Wildman–Crippen MR) is 64.7 cm³/mol. The van der Waals surface area contributed by atoms with Gasteiger partial charge in [-0.3, -0.25) is 4.79 Å². The van der Waals surface area contributed by atoms with E-state index >= 15 is 0 Å². The Labute approximate surface area is 104 Å². The zero-order chi connectivity index (χ0) is 12.1. The van der Waals surface area contributed by atoms with Crippen LogP contribution in [0, 0.1) is 0 Å². The highest BCUT2D eigenvalue weighted by Gasteiger charge is 2.29. The van der Waals surface area contributed by atoms with E-state index in [0.717, 1.165) is 12.8 Å². The van der Waals surface area contributed by atoms with Crippen LogP contribution < -0.4 is 5.32 Å². The molecule has 0 aromatic carbocycles. The molecule has 2 rings (SSSR count). The zero-order valence-electron chi connectivity index (χ0n) is 9.63. The molecule has 0 radical (unpaired) electrons. The van der Waals surface area contributed by atoms with Gasteiger partial charge in [-0.05, 0) is 18.9 Å². The lowest BCUT2D eigenvalue weighted by Crippen LogP contribution is -2.41. The fourth-order valence-electron chi connectivity index (χ4n) is 1.38. The summed E-state index contributed by atoms with van der Waals surface area (Å²) in [4.78, 5) is 19.8. The summed E-state index contributed by atoms with van der Waals surface area (Å²) in [5.74, 6) is 0.369. The van der Waals surface area contributed by atoms with Gasteiger partial charge in [-0.1, -0.05) is 11.8 Å². The van der Waals surface area contributed by atoms with E-state index in [-0.39, 0.29) is 12.0 Å². The number of nitrogens with one attached hydrogen (secondary N) is 1. The van der Waals surface area contributed by atoms with Gasteiger partial charge in [0.15, 0.2) is 5.16 Å². The van der Waals surface area contributed by atoms with Crippen LogP contribution in [0.2, 0.25) is 0 Å². The minimum atomic E-state index is -0.277. The molecular weight excluding hydrogens is 238 g/mol. The Morgan fingerprint density at radius 2 is 2.29 bits per heavy atom. The molecule has 1 N–H and O–H groups in total. The average molecular weight is 253 g/mol. The van der Waals surface area contributed by atoms with Crippen LogP contribution in [0.1, 0.15) is 12.8 Å². The van der Waals surface area contributed by atoms with Crippen molar-refractivity contribution in [3.63, 3.8) is 0 Å². The monoisotopic (exact) mass is 253 g/mol. The molecular formula is C11H15N3O2S. The first kappa shape index (κ1) is 12.3. The summed E-state index contributed by atoms with van der Waals surface area (Å²) in [5.41, 5.74) is 0. The van der Waals surface area contributed by atoms with Gasteiger partial charge in [0.05, 0.1) is 7.11 Å². The van der Waals surface area contributed by atoms with E-state index in [1.54, 1.807) is 18.5 Å². The van der Waals surface area contributed by atoms with Gasteiger partial charge in [0.1, 0.15) is 6.04 Å². The van der Waals surface area contributed by atoms with E-state index in [1.807, 2.05) is 0 Å². The molecule has 1 fully saturated rings. The Kier molecular flexibility index (Phi) is 4.33. The Balaban J connectivity index is 1.86. The van der Waals surface area contributed by atoms with Crippen LogP contribution in [0.5, 0.6) is 0 Å². The smallest absolute Gasteiger partial charge is 0.323 e. The third kappa shape index (κ3) is 3.98. The van der Waals surface area contributed by atoms with Gasteiger partial charge in [-0.25, -0.2) is 9.97 Å². The van der Waals surface area contributed by atoms with Crippen molar-refractivity contribution in [3.8, 4) is 0 Å². The molecule has 6 heteroatoms. The molecule has 1 heterocycles. The number of rotatable bonds is 6. The third-order valence-corrected chi connectivity index (χ3v) is 3.39. The maximum Gasteiger partial charge on any atom is 0.323 e. The topological polar surface area (TPSA) is 64.1 Å². The van der Waals surface area contributed by atoms with Crippen molar-refractivity contribution < 1.29 is 9.53 Å². The van der Waals surface area contributed by atoms with E-state index < -0.39 is 0 Å². The number of methoxy groups -OCH3 is 1. The number of carbonyl (C=O) groups is 1. The van der Waals surface area contributed by atoms with Crippen molar-refractivity contribution in [2.45, 2.75) is 30.1 Å². The van der Waals surface area contributed by atoms with Gasteiger partial charge < -0.3 is 10.1 Å². The second kappa shape index (κ2) is 5.97. The molecule has 1 aliphatic rings. The summed E-state index contributed by atoms with van der Waals surface area (Å²) in [5, 5.41) is 3.94. The van der Waals surface area contributed by atoms with Gasteiger partial charge >= 0.3 is 5.97 Å². The minimum Gasteiger partial charge on any atom is -0.468 e. The second-order valence-corrected chi connectivity index (χ2v) is 4.85. The minimum absolute atomic E-state index is 0.222. The molecule has 0 bridgehead atoms. The number of nitrogens with zero attached hydrogens (tertiary/aromatic N) is 2. The zero-order valence-corrected chi connectivity index (χ0v) is 10.4. The van der Waals surface area contributed by atoms with Crippen LogP contribution >= 0.6 is 11.8 Å². The lowest BCUT2D eigenvalue weighted by molar-refractivity contribution is -0.142. The molecule has 1 aromatic heterocycles. The van der Waals surface area contributed by atoms with E-state index in [4.69, 9.17) is 4.74 Å². The molecule has 17 heavy (non-hydrogen) atoms. The highest BCUT2D eigenvalue weighted by molar-refractivity contribution is 7.99. The average Bonchev–Trinajstić information content (AvgIpc) is 3.18. The van der Waals surface area contributed by atoms with Crippen molar-refractivity contribution >= 4 is 17.7 Å². The van der Waals surface area contributed by atoms with Crippen molar-refractivity contribution in [2.75, 3.05) is 12.9 Å². The van der Waals surface area contributed by atoms with Gasteiger partial charge in [0, 0.05) is 24.2 Å². The van der Waals surface area contributed by atoms with E-state index in [9.17, 15) is 4.79 Å². The first-order valence-electron chi connectivity index (χ1n) is 5.53. The Morgan fingerprint density at radius 3 is 2.88 bits per heavy atom. The fourth-order valence-corrected chi connectivity index (χ4v) is 2.20. The number of carbonyl (C=O) groups excluding carboxylic acids is 1. The van der Waals surface area contributed by atoms with Crippen molar-refractivity contribution in [3.05, 3.63) is 18.5 Å². The number of ether oxygens (including phenoxy) is 1. The molecule has 0 saturated heterocycles. The predicted octanol–water partition coefficient (Wildman–Crippen LogP) is 0.862. The Morgan fingerprint density at radius 1 is 1.59 bits per heavy atom. The standard InChI is InChI=1S/C11H15N3O2S/c1-16-10(15)9(14-8-3-4-8)7-17-11-12-5-2-6-13-11/h2,5-6,8-9,14H,3-4,7H2,1H3. The summed E-state index contributed by atoms with van der Waals surface area (Å²) in [6, 6.07) is 1.96. The van der Waals surface area contributed by atoms with E-state index in [2.05, 4.69) is 15.3 Å². The SMILES string of the molecule is COC(=O)C(CSc1ncccn1)NC1CC1. The Bertz CT molecular complexity index is 370. The molecule has 92 valence electrons. The highest BCUT2D eigenvalue weighted by atomic mass is 32.2. The summed E-state index contributed by atoms with van der Waals surface area (Å²) in [6.45, 7) is 0. The molecule has 1 atom stereocenters. The van der Waals surface area contributed by atoms with Crippen molar-refractivity contribution in [1.82, 2.24) is 15.3 Å². The number of hydrogen-bond donors (Lipinski definition) is 1. The van der Waals surface area contributed by atoms with Crippen molar-refractivity contribution in [1.29, 1.82) is 0 Å². The van der Waals surface area contributed by atoms with Gasteiger partial charge in [0.2, 0.25) is 0 Å². The van der Waals surface area contributed by atoms with Crippen LogP contribution in [0.3, 0.4) is 0 Å². The summed E-state index contributed by atoms with van der Waals surface area (Å²) in [7, 11) is 1.41. The molecule has 1 unspecified atom stereocenters. The van der Waals surface area contributed by atoms with Crippen LogP contribution in [0.25, 0.3) is 0 Å². The maximum absolute atomic E-state index is 11.6. The van der Waals surface area contributed by atoms with E-state index in [0.29, 0.717) is 17.0 Å². The summed E-state index contributed by atoms with van der Waals surface area (Å²) < 4.78 is 4.77. The van der Waals surface area contributed by atoms with Gasteiger partial charge in [0.25, 0.3) is 0 Å². The molecule has 5 nitrogen and oxygen atoms in total. The Hall–Kier alpha value is -1.14. The largest absolute Gasteiger partial charge is 0.468 e. The van der Waals surface area contributed by atoms with Crippen LogP contribution in [0.15, 0.2) is 23.6 Å². The van der Waals surface area contributed by atoms with Crippen LogP contribution in [0.4, 0.5) is 0 Å². The van der Waals surface area contributed by atoms with Crippen LogP contribution in [-0.4, -0.2) is 40.9 Å². The van der Waals surface area contributed by atoms with Gasteiger partial charge in [-0.2, -0.15) is 0 Å². The molecule has 0 aliphatic heterocycles. The molecule has 1 saturated carbocycles. The molecule has 1 aliphatic carbocycles. The van der Waals surface area contributed by atoms with Crippen LogP contribution in [-0.2, 0) is 9.53 Å². The van der Waals surface area contributed by atoms with Gasteiger partial charge in [-0.15, -0.1) is 0 Å². The van der Waals surface area contributed by atoms with E-state index in [1.165, 1.54) is 18.9 Å². The molecule has 1 aromatic rings. The third-order valence-electron chi connectivity index (χ3n) is 2.42. The number of thioether (sulfide) groups is 1. The number of aromatic nitrogens is 2. The highest BCUT2D eigenvalue weighted by Crippen LogP contribution is 2.21. The first-order chi connectivity index (χ1) is 8.29. The molecule has 0 amide bonds. The molecule has 0 spiro atoms. The lowest BCUT2D eigenvalue weighted by atomic mass is 10.3. The quantitative estimate of drug-likeness (QED) is 0.461. The van der Waals surface area contributed by atoms with Crippen molar-refractivity contribution in [2.24, 2.45) is 0 Å². The second-order valence-electron chi connectivity index (χ2n) is 3.86. The summed E-state index contributed by atoms with van der Waals surface area (Å²) >= 11 is 1.46. The first-order valence-corrected chi connectivity index (χ1v) is 6.52. The lowest BCUT2D eigenvalue weighted by Gasteiger charge is -2.14. The normalized spacial score (nSPS) is 16.5. The maximum atomic E-state index is 11.6. The fraction of sp³-hybridized carbons (Fsp3) is 0.545. The summed E-state index contributed by atoms with van der Waals surface area (Å²) in [6.07, 6.45) is 5.66. The number of hydrogen-bond acceptors (Lipinski definition) is 6.